The average molecular weight is 295 g/mol. The van der Waals surface area contributed by atoms with E-state index in [0.29, 0.717) is 44.1 Å². The topological polar surface area (TPSA) is 97.9 Å². The van der Waals surface area contributed by atoms with E-state index in [0.717, 1.165) is 0 Å². The maximum atomic E-state index is 11.8. The maximum Gasteiger partial charge on any atom is 0.341 e. The number of hydrogen-bond donors (Lipinski definition) is 2. The molecule has 21 heavy (non-hydrogen) atoms. The molecule has 7 heteroatoms. The van der Waals surface area contributed by atoms with Crippen LogP contribution in [0.2, 0.25) is 0 Å². The zero-order valence-corrected chi connectivity index (χ0v) is 12.3. The Morgan fingerprint density at radius 3 is 2.86 bits per heavy atom. The number of carbonyl (C=O) groups is 1. The molecule has 1 aromatic heterocycles. The van der Waals surface area contributed by atoms with E-state index in [4.69, 9.17) is 15.2 Å². The van der Waals surface area contributed by atoms with E-state index in [1.165, 1.54) is 19.4 Å². The van der Waals surface area contributed by atoms with Gasteiger partial charge in [-0.25, -0.2) is 9.78 Å². The molecule has 0 radical (unpaired) electrons. The largest absolute Gasteiger partial charge is 0.465 e. The summed E-state index contributed by atoms with van der Waals surface area (Å²) in [4.78, 5) is 17.8. The number of methoxy groups -OCH3 is 1. The SMILES string of the molecule is COC(=O)c1cc(N)cnc1N(C)CC1(O)CCOCC1. The van der Waals surface area contributed by atoms with Crippen molar-refractivity contribution < 1.29 is 19.4 Å². The number of carbonyl (C=O) groups excluding carboxylic acids is 1. The quantitative estimate of drug-likeness (QED) is 0.777. The first-order valence-corrected chi connectivity index (χ1v) is 6.80. The van der Waals surface area contributed by atoms with Crippen molar-refractivity contribution in [1.82, 2.24) is 4.98 Å². The molecule has 0 spiro atoms. The molecule has 0 atom stereocenters. The van der Waals surface area contributed by atoms with Crippen molar-refractivity contribution in [3.63, 3.8) is 0 Å². The number of pyridine rings is 1. The van der Waals surface area contributed by atoms with Gasteiger partial charge in [-0.1, -0.05) is 0 Å². The van der Waals surface area contributed by atoms with Crippen LogP contribution in [0.15, 0.2) is 12.3 Å². The van der Waals surface area contributed by atoms with Gasteiger partial charge >= 0.3 is 5.97 Å². The predicted molar refractivity (Wildman–Crippen MR) is 78.3 cm³/mol. The molecule has 0 bridgehead atoms. The molecule has 116 valence electrons. The van der Waals surface area contributed by atoms with Crippen molar-refractivity contribution in [2.75, 3.05) is 44.5 Å². The lowest BCUT2D eigenvalue weighted by atomic mass is 9.94. The highest BCUT2D eigenvalue weighted by molar-refractivity contribution is 5.95. The molecule has 3 N–H and O–H groups in total. The summed E-state index contributed by atoms with van der Waals surface area (Å²) in [6, 6.07) is 1.53. The Kier molecular flexibility index (Phi) is 4.64. The van der Waals surface area contributed by atoms with Crippen molar-refractivity contribution in [2.24, 2.45) is 0 Å². The van der Waals surface area contributed by atoms with Crippen molar-refractivity contribution >= 4 is 17.5 Å². The van der Waals surface area contributed by atoms with E-state index in [-0.39, 0.29) is 5.56 Å². The van der Waals surface area contributed by atoms with Gasteiger partial charge < -0.3 is 25.2 Å². The molecule has 0 amide bonds. The number of nitrogens with zero attached hydrogens (tertiary/aromatic N) is 2. The second-order valence-electron chi connectivity index (χ2n) is 5.32. The van der Waals surface area contributed by atoms with Gasteiger partial charge in [0.2, 0.25) is 0 Å². The van der Waals surface area contributed by atoms with E-state index in [1.807, 2.05) is 0 Å². The fraction of sp³-hybridized carbons (Fsp3) is 0.571. The Morgan fingerprint density at radius 2 is 2.24 bits per heavy atom. The number of nitrogen functional groups attached to an aromatic ring is 1. The summed E-state index contributed by atoms with van der Waals surface area (Å²) in [5.41, 5.74) is 5.51. The van der Waals surface area contributed by atoms with Crippen molar-refractivity contribution in [2.45, 2.75) is 18.4 Å². The van der Waals surface area contributed by atoms with Gasteiger partial charge in [-0.2, -0.15) is 0 Å². The number of anilines is 2. The summed E-state index contributed by atoms with van der Waals surface area (Å²) in [5, 5.41) is 10.6. The minimum Gasteiger partial charge on any atom is -0.465 e. The standard InChI is InChI=1S/C14H21N3O4/c1-17(9-14(19)3-5-21-6-4-14)12-11(13(18)20-2)7-10(15)8-16-12/h7-8,19H,3-6,9,15H2,1-2H3. The van der Waals surface area contributed by atoms with Crippen LogP contribution in [0.5, 0.6) is 0 Å². The third kappa shape index (κ3) is 3.62. The molecule has 2 rings (SSSR count). The van der Waals surface area contributed by atoms with E-state index >= 15 is 0 Å². The number of likely N-dealkylation sites (N-methyl/N-ethyl adjacent to an activating group) is 1. The van der Waals surface area contributed by atoms with Crippen molar-refractivity contribution in [1.29, 1.82) is 0 Å². The minimum atomic E-state index is -0.844. The lowest BCUT2D eigenvalue weighted by molar-refractivity contribution is -0.0573. The van der Waals surface area contributed by atoms with Crippen LogP contribution < -0.4 is 10.6 Å². The maximum absolute atomic E-state index is 11.8. The van der Waals surface area contributed by atoms with Crippen LogP contribution in [0.3, 0.4) is 0 Å². The summed E-state index contributed by atoms with van der Waals surface area (Å²) < 4.78 is 10.0. The smallest absolute Gasteiger partial charge is 0.341 e. The Morgan fingerprint density at radius 1 is 1.57 bits per heavy atom. The monoisotopic (exact) mass is 295 g/mol. The highest BCUT2D eigenvalue weighted by Gasteiger charge is 2.32. The normalized spacial score (nSPS) is 17.3. The summed E-state index contributed by atoms with van der Waals surface area (Å²) in [6.07, 6.45) is 2.59. The number of hydrogen-bond acceptors (Lipinski definition) is 7. The number of rotatable bonds is 4. The second kappa shape index (κ2) is 6.28. The summed E-state index contributed by atoms with van der Waals surface area (Å²) >= 11 is 0. The Hall–Kier alpha value is -1.86. The zero-order chi connectivity index (χ0) is 15.5. The van der Waals surface area contributed by atoms with Crippen LogP contribution in [-0.4, -0.2) is 55.6 Å². The van der Waals surface area contributed by atoms with Crippen LogP contribution >= 0.6 is 0 Å². The zero-order valence-electron chi connectivity index (χ0n) is 12.3. The molecule has 1 aliphatic rings. The van der Waals surface area contributed by atoms with Gasteiger partial charge in [-0.3, -0.25) is 0 Å². The summed E-state index contributed by atoms with van der Waals surface area (Å²) in [6.45, 7) is 1.42. The Balaban J connectivity index is 2.22. The number of aliphatic hydroxyl groups is 1. The van der Waals surface area contributed by atoms with Gasteiger partial charge in [0.1, 0.15) is 11.4 Å². The summed E-state index contributed by atoms with van der Waals surface area (Å²) in [5.74, 6) is -0.0633. The van der Waals surface area contributed by atoms with Crippen molar-refractivity contribution in [3.8, 4) is 0 Å². The first kappa shape index (κ1) is 15.5. The molecule has 1 saturated heterocycles. The van der Waals surface area contributed by atoms with Crippen LogP contribution in [0.1, 0.15) is 23.2 Å². The van der Waals surface area contributed by atoms with Gasteiger partial charge in [0.15, 0.2) is 0 Å². The van der Waals surface area contributed by atoms with Gasteiger partial charge in [0.05, 0.1) is 24.6 Å². The van der Waals surface area contributed by atoms with Gasteiger partial charge in [0, 0.05) is 39.6 Å². The molecular weight excluding hydrogens is 274 g/mol. The van der Waals surface area contributed by atoms with E-state index in [1.54, 1.807) is 11.9 Å². The molecule has 1 fully saturated rings. The predicted octanol–water partition coefficient (Wildman–Crippen LogP) is 0.428. The first-order chi connectivity index (χ1) is 9.95. The first-order valence-electron chi connectivity index (χ1n) is 6.80. The van der Waals surface area contributed by atoms with Gasteiger partial charge in [-0.15, -0.1) is 0 Å². The van der Waals surface area contributed by atoms with Crippen molar-refractivity contribution in [3.05, 3.63) is 17.8 Å². The molecular formula is C14H21N3O4. The number of aromatic nitrogens is 1. The lowest BCUT2D eigenvalue weighted by Gasteiger charge is -2.36. The fourth-order valence-electron chi connectivity index (χ4n) is 2.46. The third-order valence-electron chi connectivity index (χ3n) is 3.61. The van der Waals surface area contributed by atoms with Crippen LogP contribution in [0, 0.1) is 0 Å². The van der Waals surface area contributed by atoms with E-state index in [2.05, 4.69) is 4.98 Å². The Bertz CT molecular complexity index is 515. The molecule has 1 aromatic rings. The van der Waals surface area contributed by atoms with Crippen LogP contribution in [0.25, 0.3) is 0 Å². The van der Waals surface area contributed by atoms with Crippen LogP contribution in [-0.2, 0) is 9.47 Å². The molecule has 0 unspecified atom stereocenters. The average Bonchev–Trinajstić information content (AvgIpc) is 2.46. The van der Waals surface area contributed by atoms with E-state index in [9.17, 15) is 9.90 Å². The molecule has 7 nitrogen and oxygen atoms in total. The fourth-order valence-corrected chi connectivity index (χ4v) is 2.46. The molecule has 0 aromatic carbocycles. The van der Waals surface area contributed by atoms with Gasteiger partial charge in [-0.05, 0) is 6.07 Å². The Labute approximate surface area is 123 Å². The minimum absolute atomic E-state index is 0.288. The molecule has 1 aliphatic heterocycles. The highest BCUT2D eigenvalue weighted by atomic mass is 16.5. The van der Waals surface area contributed by atoms with E-state index < -0.39 is 11.6 Å². The molecule has 2 heterocycles. The third-order valence-corrected chi connectivity index (χ3v) is 3.61. The number of nitrogens with two attached hydrogens (primary N) is 1. The number of esters is 1. The molecule has 0 aliphatic carbocycles. The molecule has 0 saturated carbocycles. The van der Waals surface area contributed by atoms with Gasteiger partial charge in [0.25, 0.3) is 0 Å². The van der Waals surface area contributed by atoms with Crippen LogP contribution in [0.4, 0.5) is 11.5 Å². The highest BCUT2D eigenvalue weighted by Crippen LogP contribution is 2.26. The number of ether oxygens (including phenoxy) is 2. The lowest BCUT2D eigenvalue weighted by Crippen LogP contribution is -2.46. The second-order valence-corrected chi connectivity index (χ2v) is 5.32. The summed E-state index contributed by atoms with van der Waals surface area (Å²) in [7, 11) is 3.08.